The summed E-state index contributed by atoms with van der Waals surface area (Å²) in [5, 5.41) is 3.50. The van der Waals surface area contributed by atoms with Gasteiger partial charge in [-0.05, 0) is 38.8 Å². The molecule has 3 heteroatoms. The van der Waals surface area contributed by atoms with Gasteiger partial charge in [0.25, 0.3) is 0 Å². The molecule has 21 heavy (non-hydrogen) atoms. The lowest BCUT2D eigenvalue weighted by Gasteiger charge is -2.45. The van der Waals surface area contributed by atoms with Crippen LogP contribution in [-0.4, -0.2) is 26.9 Å². The molecule has 1 saturated carbocycles. The Morgan fingerprint density at radius 3 is 2.67 bits per heavy atom. The maximum absolute atomic E-state index is 6.08. The first-order valence-corrected chi connectivity index (χ1v) is 7.93. The van der Waals surface area contributed by atoms with Crippen LogP contribution in [0.4, 0.5) is 0 Å². The molecule has 3 atom stereocenters. The van der Waals surface area contributed by atoms with Crippen LogP contribution in [0, 0.1) is 12.8 Å². The minimum absolute atomic E-state index is 0.145. The number of hydrogen-bond acceptors (Lipinski definition) is 3. The standard InChI is InChI=1S/C18H29NO2/c1-13-8-9-16(20-4)15(11-13)17(19-3)18(21-5)10-6-7-14(2)12-18/h8-9,11,14,17,19H,6-7,10,12H2,1-5H3. The van der Waals surface area contributed by atoms with Crippen LogP contribution in [0.5, 0.6) is 5.75 Å². The number of benzene rings is 1. The normalized spacial score (nSPS) is 27.4. The largest absolute Gasteiger partial charge is 0.496 e. The Bertz CT molecular complexity index is 474. The molecule has 0 spiro atoms. The summed E-state index contributed by atoms with van der Waals surface area (Å²) >= 11 is 0. The molecule has 0 heterocycles. The van der Waals surface area contributed by atoms with Gasteiger partial charge in [-0.3, -0.25) is 0 Å². The molecular formula is C18H29NO2. The number of aryl methyl sites for hydroxylation is 1. The van der Waals surface area contributed by atoms with Gasteiger partial charge in [-0.15, -0.1) is 0 Å². The predicted octanol–water partition coefficient (Wildman–Crippen LogP) is 3.86. The van der Waals surface area contributed by atoms with E-state index >= 15 is 0 Å². The number of ether oxygens (including phenoxy) is 2. The second-order valence-corrected chi connectivity index (χ2v) is 6.44. The van der Waals surface area contributed by atoms with E-state index in [9.17, 15) is 0 Å². The van der Waals surface area contributed by atoms with Gasteiger partial charge in [-0.1, -0.05) is 37.5 Å². The van der Waals surface area contributed by atoms with Gasteiger partial charge in [0, 0.05) is 12.7 Å². The second kappa shape index (κ2) is 6.80. The van der Waals surface area contributed by atoms with Crippen LogP contribution in [0.3, 0.4) is 0 Å². The smallest absolute Gasteiger partial charge is 0.123 e. The fraction of sp³-hybridized carbons (Fsp3) is 0.667. The zero-order valence-corrected chi connectivity index (χ0v) is 14.0. The lowest BCUT2D eigenvalue weighted by atomic mass is 9.72. The second-order valence-electron chi connectivity index (χ2n) is 6.44. The molecule has 1 N–H and O–H groups in total. The quantitative estimate of drug-likeness (QED) is 0.893. The van der Waals surface area contributed by atoms with E-state index < -0.39 is 0 Å². The first kappa shape index (κ1) is 16.3. The summed E-state index contributed by atoms with van der Waals surface area (Å²) < 4.78 is 11.7. The van der Waals surface area contributed by atoms with Crippen molar-refractivity contribution in [2.45, 2.75) is 51.2 Å². The predicted molar refractivity (Wildman–Crippen MR) is 86.9 cm³/mol. The molecule has 0 aliphatic heterocycles. The molecule has 0 saturated heterocycles. The van der Waals surface area contributed by atoms with Gasteiger partial charge in [0.1, 0.15) is 5.75 Å². The molecular weight excluding hydrogens is 262 g/mol. The minimum atomic E-state index is -0.145. The van der Waals surface area contributed by atoms with Gasteiger partial charge in [-0.2, -0.15) is 0 Å². The van der Waals surface area contributed by atoms with Crippen LogP contribution >= 0.6 is 0 Å². The molecule has 0 amide bonds. The summed E-state index contributed by atoms with van der Waals surface area (Å²) in [7, 11) is 5.61. The fourth-order valence-corrected chi connectivity index (χ4v) is 3.89. The van der Waals surface area contributed by atoms with Crippen LogP contribution in [0.25, 0.3) is 0 Å². The number of nitrogens with one attached hydrogen (secondary N) is 1. The van der Waals surface area contributed by atoms with Crippen LogP contribution in [-0.2, 0) is 4.74 Å². The number of rotatable bonds is 5. The fourth-order valence-electron chi connectivity index (χ4n) is 3.89. The Labute approximate surface area is 129 Å². The van der Waals surface area contributed by atoms with Crippen molar-refractivity contribution in [3.63, 3.8) is 0 Å². The van der Waals surface area contributed by atoms with E-state index in [1.54, 1.807) is 7.11 Å². The van der Waals surface area contributed by atoms with E-state index in [4.69, 9.17) is 9.47 Å². The van der Waals surface area contributed by atoms with Gasteiger partial charge in [0.05, 0.1) is 18.8 Å². The lowest BCUT2D eigenvalue weighted by Crippen LogP contribution is -2.47. The summed E-state index contributed by atoms with van der Waals surface area (Å²) in [4.78, 5) is 0. The molecule has 1 aliphatic rings. The van der Waals surface area contributed by atoms with Gasteiger partial charge in [0.2, 0.25) is 0 Å². The third kappa shape index (κ3) is 3.24. The average Bonchev–Trinajstić information content (AvgIpc) is 2.48. The number of hydrogen-bond donors (Lipinski definition) is 1. The van der Waals surface area contributed by atoms with Gasteiger partial charge < -0.3 is 14.8 Å². The van der Waals surface area contributed by atoms with E-state index in [1.165, 1.54) is 24.0 Å². The Morgan fingerprint density at radius 1 is 1.33 bits per heavy atom. The Kier molecular flexibility index (Phi) is 5.28. The molecule has 2 rings (SSSR count). The van der Waals surface area contributed by atoms with Crippen LogP contribution in [0.1, 0.15) is 49.8 Å². The van der Waals surface area contributed by atoms with Crippen LogP contribution in [0.2, 0.25) is 0 Å². The zero-order valence-electron chi connectivity index (χ0n) is 14.0. The minimum Gasteiger partial charge on any atom is -0.496 e. The van der Waals surface area contributed by atoms with Crippen molar-refractivity contribution >= 4 is 0 Å². The molecule has 1 aliphatic carbocycles. The first-order valence-electron chi connectivity index (χ1n) is 7.93. The topological polar surface area (TPSA) is 30.5 Å². The van der Waals surface area contributed by atoms with Gasteiger partial charge >= 0.3 is 0 Å². The van der Waals surface area contributed by atoms with E-state index in [1.807, 2.05) is 14.2 Å². The molecule has 3 nitrogen and oxygen atoms in total. The Hall–Kier alpha value is -1.06. The van der Waals surface area contributed by atoms with E-state index in [-0.39, 0.29) is 11.6 Å². The number of likely N-dealkylation sites (N-methyl/N-ethyl adjacent to an activating group) is 1. The molecule has 1 aromatic carbocycles. The van der Waals surface area contributed by atoms with Crippen LogP contribution < -0.4 is 10.1 Å². The van der Waals surface area contributed by atoms with Crippen molar-refractivity contribution in [2.24, 2.45) is 5.92 Å². The monoisotopic (exact) mass is 291 g/mol. The first-order chi connectivity index (χ1) is 10.1. The van der Waals surface area contributed by atoms with Gasteiger partial charge in [-0.25, -0.2) is 0 Å². The highest BCUT2D eigenvalue weighted by Crippen LogP contribution is 2.45. The highest BCUT2D eigenvalue weighted by Gasteiger charge is 2.43. The molecule has 118 valence electrons. The summed E-state index contributed by atoms with van der Waals surface area (Å²) in [6, 6.07) is 6.53. The molecule has 0 bridgehead atoms. The Balaban J connectivity index is 2.44. The SMILES string of the molecule is CNC(c1cc(C)ccc1OC)C1(OC)CCCC(C)C1. The molecule has 1 aromatic rings. The summed E-state index contributed by atoms with van der Waals surface area (Å²) in [5.74, 6) is 1.64. The summed E-state index contributed by atoms with van der Waals surface area (Å²) in [5.41, 5.74) is 2.31. The van der Waals surface area contributed by atoms with Gasteiger partial charge in [0.15, 0.2) is 0 Å². The van der Waals surface area contributed by atoms with Crippen molar-refractivity contribution in [1.29, 1.82) is 0 Å². The number of methoxy groups -OCH3 is 2. The molecule has 3 unspecified atom stereocenters. The third-order valence-electron chi connectivity index (χ3n) is 4.91. The van der Waals surface area contributed by atoms with E-state index in [2.05, 4.69) is 37.4 Å². The zero-order chi connectivity index (χ0) is 15.5. The van der Waals surface area contributed by atoms with Crippen LogP contribution in [0.15, 0.2) is 18.2 Å². The summed E-state index contributed by atoms with van der Waals surface area (Å²) in [6.45, 7) is 4.45. The van der Waals surface area contributed by atoms with Crippen molar-refractivity contribution in [3.8, 4) is 5.75 Å². The maximum atomic E-state index is 6.08. The highest BCUT2D eigenvalue weighted by atomic mass is 16.5. The molecule has 0 radical (unpaired) electrons. The Morgan fingerprint density at radius 2 is 2.10 bits per heavy atom. The van der Waals surface area contributed by atoms with Crippen molar-refractivity contribution in [3.05, 3.63) is 29.3 Å². The van der Waals surface area contributed by atoms with Crippen molar-refractivity contribution < 1.29 is 9.47 Å². The van der Waals surface area contributed by atoms with E-state index in [0.717, 1.165) is 18.6 Å². The lowest BCUT2D eigenvalue weighted by molar-refractivity contribution is -0.0794. The van der Waals surface area contributed by atoms with Crippen molar-refractivity contribution in [2.75, 3.05) is 21.3 Å². The molecule has 1 fully saturated rings. The van der Waals surface area contributed by atoms with Crippen molar-refractivity contribution in [1.82, 2.24) is 5.32 Å². The third-order valence-corrected chi connectivity index (χ3v) is 4.91. The maximum Gasteiger partial charge on any atom is 0.123 e. The summed E-state index contributed by atoms with van der Waals surface area (Å²) in [6.07, 6.45) is 4.70. The van der Waals surface area contributed by atoms with E-state index in [0.29, 0.717) is 5.92 Å². The highest BCUT2D eigenvalue weighted by molar-refractivity contribution is 5.40. The average molecular weight is 291 g/mol. The molecule has 0 aromatic heterocycles.